The van der Waals surface area contributed by atoms with Crippen molar-refractivity contribution in [3.05, 3.63) is 53.6 Å². The van der Waals surface area contributed by atoms with Gasteiger partial charge in [0.25, 0.3) is 0 Å². The lowest BCUT2D eigenvalue weighted by atomic mass is 9.99. The number of hydrogen-bond acceptors (Lipinski definition) is 0. The van der Waals surface area contributed by atoms with E-state index in [9.17, 15) is 0 Å². The lowest BCUT2D eigenvalue weighted by Crippen LogP contribution is -1.87. The molecule has 1 aliphatic rings. The first-order chi connectivity index (χ1) is 6.95. The van der Waals surface area contributed by atoms with E-state index in [1.54, 1.807) is 0 Å². The third-order valence-electron chi connectivity index (χ3n) is 2.62. The molecular weight excluding hydrogens is 168 g/mol. The largest absolute Gasteiger partial charge is 0.0813 e. The van der Waals surface area contributed by atoms with E-state index in [1.165, 1.54) is 36.8 Å². The molecule has 1 aromatic rings. The molecule has 0 heterocycles. The van der Waals surface area contributed by atoms with Crippen molar-refractivity contribution < 1.29 is 0 Å². The van der Waals surface area contributed by atoms with Crippen LogP contribution in [-0.4, -0.2) is 0 Å². The second kappa shape index (κ2) is 4.80. The van der Waals surface area contributed by atoms with Crippen LogP contribution >= 0.6 is 0 Å². The zero-order chi connectivity index (χ0) is 9.64. The van der Waals surface area contributed by atoms with Gasteiger partial charge in [-0.25, -0.2) is 0 Å². The molecule has 0 saturated carbocycles. The molecule has 0 fully saturated rings. The first kappa shape index (κ1) is 9.26. The van der Waals surface area contributed by atoms with Gasteiger partial charge in [-0.3, -0.25) is 0 Å². The summed E-state index contributed by atoms with van der Waals surface area (Å²) < 4.78 is 0. The molecule has 0 N–H and O–H groups in total. The topological polar surface area (TPSA) is 0 Å². The van der Waals surface area contributed by atoms with Gasteiger partial charge in [0.05, 0.1) is 0 Å². The van der Waals surface area contributed by atoms with Crippen molar-refractivity contribution in [2.45, 2.75) is 25.7 Å². The summed E-state index contributed by atoms with van der Waals surface area (Å²) in [6.45, 7) is 0. The van der Waals surface area contributed by atoms with Gasteiger partial charge in [-0.2, -0.15) is 0 Å². The molecule has 14 heavy (non-hydrogen) atoms. The molecule has 0 aliphatic heterocycles. The van der Waals surface area contributed by atoms with E-state index in [4.69, 9.17) is 0 Å². The highest BCUT2D eigenvalue weighted by Crippen LogP contribution is 2.19. The molecule has 0 radical (unpaired) electrons. The van der Waals surface area contributed by atoms with Crippen LogP contribution < -0.4 is 0 Å². The minimum absolute atomic E-state index is 1.25. The fourth-order valence-corrected chi connectivity index (χ4v) is 1.78. The fraction of sp³-hybridized carbons (Fsp3) is 0.286. The van der Waals surface area contributed by atoms with Crippen LogP contribution in [-0.2, 0) is 0 Å². The Balaban J connectivity index is 2.03. The first-order valence-corrected chi connectivity index (χ1v) is 5.37. The van der Waals surface area contributed by atoms with Gasteiger partial charge in [0, 0.05) is 0 Å². The van der Waals surface area contributed by atoms with Gasteiger partial charge in [0.2, 0.25) is 0 Å². The zero-order valence-corrected chi connectivity index (χ0v) is 8.45. The van der Waals surface area contributed by atoms with E-state index in [1.807, 2.05) is 0 Å². The summed E-state index contributed by atoms with van der Waals surface area (Å²) in [7, 11) is 0. The smallest absolute Gasteiger partial charge is 0.0257 e. The van der Waals surface area contributed by atoms with Crippen molar-refractivity contribution in [3.63, 3.8) is 0 Å². The molecule has 0 aromatic heterocycles. The van der Waals surface area contributed by atoms with Gasteiger partial charge in [0.1, 0.15) is 0 Å². The molecule has 0 saturated heterocycles. The minimum Gasteiger partial charge on any atom is -0.0813 e. The summed E-state index contributed by atoms with van der Waals surface area (Å²) in [5.74, 6) is 0. The zero-order valence-electron chi connectivity index (χ0n) is 8.45. The third kappa shape index (κ3) is 2.59. The van der Waals surface area contributed by atoms with Crippen molar-refractivity contribution in [1.82, 2.24) is 0 Å². The maximum atomic E-state index is 2.36. The average Bonchev–Trinajstić information content (AvgIpc) is 2.29. The van der Waals surface area contributed by atoms with Crippen LogP contribution in [0.4, 0.5) is 0 Å². The molecule has 0 atom stereocenters. The quantitative estimate of drug-likeness (QED) is 0.646. The number of hydrogen-bond donors (Lipinski definition) is 0. The molecule has 1 aliphatic carbocycles. The second-order valence-corrected chi connectivity index (χ2v) is 3.77. The van der Waals surface area contributed by atoms with Gasteiger partial charge in [-0.05, 0) is 31.2 Å². The summed E-state index contributed by atoms with van der Waals surface area (Å²) in [6.07, 6.45) is 12.1. The van der Waals surface area contributed by atoms with Crippen molar-refractivity contribution in [1.29, 1.82) is 0 Å². The summed E-state index contributed by atoms with van der Waals surface area (Å²) in [4.78, 5) is 0. The number of benzene rings is 1. The molecule has 0 bridgehead atoms. The SMILES string of the molecule is C(=Cc1ccccc1)C1=CCCCC1. The van der Waals surface area contributed by atoms with E-state index in [0.717, 1.165) is 0 Å². The molecule has 0 amide bonds. The Labute approximate surface area is 86.0 Å². The molecule has 2 rings (SSSR count). The predicted octanol–water partition coefficient (Wildman–Crippen LogP) is 4.20. The van der Waals surface area contributed by atoms with Gasteiger partial charge in [0.15, 0.2) is 0 Å². The van der Waals surface area contributed by atoms with Crippen molar-refractivity contribution in [2.24, 2.45) is 0 Å². The lowest BCUT2D eigenvalue weighted by Gasteiger charge is -2.07. The lowest BCUT2D eigenvalue weighted by molar-refractivity contribution is 0.712. The van der Waals surface area contributed by atoms with Gasteiger partial charge >= 0.3 is 0 Å². The van der Waals surface area contributed by atoms with Crippen LogP contribution in [0.15, 0.2) is 48.1 Å². The summed E-state index contributed by atoms with van der Waals surface area (Å²) >= 11 is 0. The Kier molecular flexibility index (Phi) is 3.18. The molecule has 72 valence electrons. The standard InChI is InChI=1S/C14H16/c1-3-7-13(8-4-1)11-12-14-9-5-2-6-10-14/h1,3-4,7-9,11-12H,2,5-6,10H2. The Morgan fingerprint density at radius 3 is 2.50 bits per heavy atom. The Bertz CT molecular complexity index is 330. The van der Waals surface area contributed by atoms with Crippen LogP contribution in [0.1, 0.15) is 31.2 Å². The maximum Gasteiger partial charge on any atom is -0.0257 e. The summed E-state index contributed by atoms with van der Waals surface area (Å²) in [5.41, 5.74) is 2.79. The highest BCUT2D eigenvalue weighted by atomic mass is 14.0. The first-order valence-electron chi connectivity index (χ1n) is 5.37. The van der Waals surface area contributed by atoms with Crippen LogP contribution in [0.5, 0.6) is 0 Å². The van der Waals surface area contributed by atoms with Gasteiger partial charge in [-0.15, -0.1) is 0 Å². The van der Waals surface area contributed by atoms with Crippen molar-refractivity contribution in [3.8, 4) is 0 Å². The van der Waals surface area contributed by atoms with E-state index in [-0.39, 0.29) is 0 Å². The fourth-order valence-electron chi connectivity index (χ4n) is 1.78. The Morgan fingerprint density at radius 1 is 0.929 bits per heavy atom. The van der Waals surface area contributed by atoms with Crippen molar-refractivity contribution >= 4 is 6.08 Å². The summed E-state index contributed by atoms with van der Waals surface area (Å²) in [5, 5.41) is 0. The van der Waals surface area contributed by atoms with E-state index >= 15 is 0 Å². The van der Waals surface area contributed by atoms with Gasteiger partial charge < -0.3 is 0 Å². The minimum atomic E-state index is 1.25. The molecule has 0 unspecified atom stereocenters. The average molecular weight is 184 g/mol. The third-order valence-corrected chi connectivity index (χ3v) is 2.62. The molecule has 0 spiro atoms. The normalized spacial score (nSPS) is 17.0. The molecule has 0 nitrogen and oxygen atoms in total. The van der Waals surface area contributed by atoms with Crippen molar-refractivity contribution in [2.75, 3.05) is 0 Å². The monoisotopic (exact) mass is 184 g/mol. The van der Waals surface area contributed by atoms with Crippen LogP contribution in [0.3, 0.4) is 0 Å². The van der Waals surface area contributed by atoms with E-state index < -0.39 is 0 Å². The number of allylic oxidation sites excluding steroid dienone is 3. The van der Waals surface area contributed by atoms with Gasteiger partial charge in [-0.1, -0.05) is 54.1 Å². The summed E-state index contributed by atoms with van der Waals surface area (Å²) in [6, 6.07) is 10.5. The Hall–Kier alpha value is -1.30. The second-order valence-electron chi connectivity index (χ2n) is 3.77. The molecular formula is C14H16. The Morgan fingerprint density at radius 2 is 1.79 bits per heavy atom. The predicted molar refractivity (Wildman–Crippen MR) is 62.0 cm³/mol. The highest BCUT2D eigenvalue weighted by Gasteiger charge is 1.98. The number of rotatable bonds is 2. The maximum absolute atomic E-state index is 2.36. The van der Waals surface area contributed by atoms with Crippen LogP contribution in [0.2, 0.25) is 0 Å². The van der Waals surface area contributed by atoms with E-state index in [0.29, 0.717) is 0 Å². The molecule has 0 heteroatoms. The highest BCUT2D eigenvalue weighted by molar-refractivity contribution is 5.52. The van der Waals surface area contributed by atoms with Crippen LogP contribution in [0.25, 0.3) is 6.08 Å². The van der Waals surface area contributed by atoms with Crippen LogP contribution in [0, 0.1) is 0 Å². The van der Waals surface area contributed by atoms with E-state index in [2.05, 4.69) is 48.6 Å². The molecule has 1 aromatic carbocycles.